The van der Waals surface area contributed by atoms with Crippen molar-refractivity contribution < 1.29 is 14.3 Å². The third kappa shape index (κ3) is 3.63. The van der Waals surface area contributed by atoms with Crippen LogP contribution in [0.15, 0.2) is 24.4 Å². The van der Waals surface area contributed by atoms with E-state index in [9.17, 15) is 9.59 Å². The predicted molar refractivity (Wildman–Crippen MR) is 84.8 cm³/mol. The maximum Gasteiger partial charge on any atom is 0.410 e. The predicted octanol–water partition coefficient (Wildman–Crippen LogP) is 1.85. The van der Waals surface area contributed by atoms with E-state index in [1.165, 1.54) is 0 Å². The summed E-state index contributed by atoms with van der Waals surface area (Å²) in [5, 5.41) is 0. The molecule has 2 fully saturated rings. The summed E-state index contributed by atoms with van der Waals surface area (Å²) in [7, 11) is 1.76. The lowest BCUT2D eigenvalue weighted by Crippen LogP contribution is -2.36. The van der Waals surface area contributed by atoms with Crippen LogP contribution in [-0.2, 0) is 16.0 Å². The molecule has 2 amide bonds. The molecule has 0 N–H and O–H groups in total. The van der Waals surface area contributed by atoms with Crippen LogP contribution in [0.3, 0.4) is 0 Å². The van der Waals surface area contributed by atoms with Gasteiger partial charge in [0, 0.05) is 44.9 Å². The van der Waals surface area contributed by atoms with Crippen LogP contribution in [-0.4, -0.2) is 59.1 Å². The van der Waals surface area contributed by atoms with Gasteiger partial charge in [0.05, 0.1) is 6.54 Å². The van der Waals surface area contributed by atoms with Gasteiger partial charge >= 0.3 is 6.09 Å². The van der Waals surface area contributed by atoms with Gasteiger partial charge in [-0.15, -0.1) is 0 Å². The molecule has 6 heteroatoms. The van der Waals surface area contributed by atoms with E-state index in [1.54, 1.807) is 18.1 Å². The monoisotopic (exact) mass is 317 g/mol. The van der Waals surface area contributed by atoms with Crippen molar-refractivity contribution in [2.75, 3.05) is 26.7 Å². The van der Waals surface area contributed by atoms with Gasteiger partial charge in [0.15, 0.2) is 0 Å². The molecule has 0 unspecified atom stereocenters. The number of carbonyl (C=O) groups excluding carboxylic acids is 2. The zero-order valence-electron chi connectivity index (χ0n) is 13.5. The Labute approximate surface area is 136 Å². The fourth-order valence-electron chi connectivity index (χ4n) is 3.41. The highest BCUT2D eigenvalue weighted by Gasteiger charge is 2.44. The van der Waals surface area contributed by atoms with Crippen molar-refractivity contribution in [3.63, 3.8) is 0 Å². The van der Waals surface area contributed by atoms with Gasteiger partial charge in [-0.2, -0.15) is 0 Å². The van der Waals surface area contributed by atoms with Gasteiger partial charge in [0.1, 0.15) is 5.60 Å². The highest BCUT2D eigenvalue weighted by Crippen LogP contribution is 2.32. The molecule has 2 saturated heterocycles. The number of carbonyl (C=O) groups is 2. The molecule has 3 rings (SSSR count). The minimum atomic E-state index is -0.401. The third-order valence-electron chi connectivity index (χ3n) is 4.71. The Balaban J connectivity index is 1.53. The lowest BCUT2D eigenvalue weighted by Gasteiger charge is -2.25. The number of rotatable bonds is 3. The van der Waals surface area contributed by atoms with Crippen molar-refractivity contribution in [3.8, 4) is 0 Å². The maximum absolute atomic E-state index is 12.4. The molecule has 0 aliphatic carbocycles. The molecule has 0 aromatic carbocycles. The van der Waals surface area contributed by atoms with Crippen LogP contribution in [0.5, 0.6) is 0 Å². The highest BCUT2D eigenvalue weighted by atomic mass is 16.6. The number of hydrogen-bond acceptors (Lipinski definition) is 4. The Morgan fingerprint density at radius 3 is 2.91 bits per heavy atom. The lowest BCUT2D eigenvalue weighted by atomic mass is 9.95. The topological polar surface area (TPSA) is 62.7 Å². The maximum atomic E-state index is 12.4. The zero-order chi connectivity index (χ0) is 16.3. The molecule has 23 heavy (non-hydrogen) atoms. The molecule has 1 spiro atoms. The van der Waals surface area contributed by atoms with Crippen molar-refractivity contribution in [1.82, 2.24) is 14.8 Å². The molecule has 1 aromatic rings. The van der Waals surface area contributed by atoms with E-state index in [2.05, 4.69) is 4.98 Å². The number of likely N-dealkylation sites (tertiary alicyclic amines) is 1. The van der Waals surface area contributed by atoms with Crippen molar-refractivity contribution in [1.29, 1.82) is 0 Å². The van der Waals surface area contributed by atoms with Crippen molar-refractivity contribution in [2.45, 2.75) is 37.7 Å². The molecule has 2 aliphatic rings. The third-order valence-corrected chi connectivity index (χ3v) is 4.71. The van der Waals surface area contributed by atoms with Gasteiger partial charge in [0.2, 0.25) is 5.91 Å². The number of aromatic nitrogens is 1. The van der Waals surface area contributed by atoms with Gasteiger partial charge in [-0.3, -0.25) is 9.78 Å². The van der Waals surface area contributed by atoms with E-state index < -0.39 is 5.60 Å². The summed E-state index contributed by atoms with van der Waals surface area (Å²) in [6.45, 7) is 2.02. The summed E-state index contributed by atoms with van der Waals surface area (Å²) in [4.78, 5) is 31.9. The number of hydrogen-bond donors (Lipinski definition) is 0. The quantitative estimate of drug-likeness (QED) is 0.853. The van der Waals surface area contributed by atoms with E-state index in [0.717, 1.165) is 31.5 Å². The number of ether oxygens (including phenoxy) is 1. The fourth-order valence-corrected chi connectivity index (χ4v) is 3.41. The highest BCUT2D eigenvalue weighted by molar-refractivity contribution is 5.76. The van der Waals surface area contributed by atoms with Gasteiger partial charge in [-0.25, -0.2) is 4.79 Å². The van der Waals surface area contributed by atoms with E-state index >= 15 is 0 Å². The number of likely N-dealkylation sites (N-methyl/N-ethyl adjacent to an activating group) is 1. The van der Waals surface area contributed by atoms with Crippen LogP contribution in [0.4, 0.5) is 4.79 Å². The average molecular weight is 317 g/mol. The molecule has 3 heterocycles. The summed E-state index contributed by atoms with van der Waals surface area (Å²) >= 11 is 0. The molecule has 0 saturated carbocycles. The second-order valence-corrected chi connectivity index (χ2v) is 6.46. The molecular formula is C17H23N3O3. The van der Waals surface area contributed by atoms with Crippen LogP contribution in [0.1, 0.15) is 31.4 Å². The largest absolute Gasteiger partial charge is 0.441 e. The smallest absolute Gasteiger partial charge is 0.410 e. The Morgan fingerprint density at radius 1 is 1.35 bits per heavy atom. The van der Waals surface area contributed by atoms with Crippen LogP contribution in [0.25, 0.3) is 0 Å². The number of nitrogens with zero attached hydrogens (tertiary/aromatic N) is 3. The summed E-state index contributed by atoms with van der Waals surface area (Å²) in [5.74, 6) is 0.158. The first-order valence-corrected chi connectivity index (χ1v) is 8.20. The first kappa shape index (κ1) is 15.8. The van der Waals surface area contributed by atoms with Crippen molar-refractivity contribution in [3.05, 3.63) is 30.1 Å². The molecule has 1 aromatic heterocycles. The average Bonchev–Trinajstić information content (AvgIpc) is 2.72. The molecular weight excluding hydrogens is 294 g/mol. The molecule has 1 atom stereocenters. The van der Waals surface area contributed by atoms with Gasteiger partial charge in [0.25, 0.3) is 0 Å². The summed E-state index contributed by atoms with van der Waals surface area (Å²) in [6.07, 6.45) is 5.06. The van der Waals surface area contributed by atoms with Crippen LogP contribution >= 0.6 is 0 Å². The fraction of sp³-hybridized carbons (Fsp3) is 0.588. The first-order valence-electron chi connectivity index (χ1n) is 8.20. The van der Waals surface area contributed by atoms with Crippen LogP contribution in [0.2, 0.25) is 0 Å². The van der Waals surface area contributed by atoms with Gasteiger partial charge < -0.3 is 14.5 Å². The molecule has 2 aliphatic heterocycles. The first-order chi connectivity index (χ1) is 11.1. The number of pyridine rings is 1. The summed E-state index contributed by atoms with van der Waals surface area (Å²) < 4.78 is 5.58. The Kier molecular flexibility index (Phi) is 4.50. The van der Waals surface area contributed by atoms with Crippen molar-refractivity contribution >= 4 is 12.0 Å². The van der Waals surface area contributed by atoms with E-state index in [0.29, 0.717) is 25.9 Å². The zero-order valence-corrected chi connectivity index (χ0v) is 13.5. The Hall–Kier alpha value is -2.11. The van der Waals surface area contributed by atoms with E-state index in [4.69, 9.17) is 4.74 Å². The molecule has 6 nitrogen and oxygen atoms in total. The van der Waals surface area contributed by atoms with Crippen LogP contribution < -0.4 is 0 Å². The summed E-state index contributed by atoms with van der Waals surface area (Å²) in [6, 6.07) is 5.76. The van der Waals surface area contributed by atoms with Gasteiger partial charge in [-0.05, 0) is 31.4 Å². The van der Waals surface area contributed by atoms with Crippen molar-refractivity contribution in [2.24, 2.45) is 0 Å². The summed E-state index contributed by atoms with van der Waals surface area (Å²) in [5.41, 5.74) is 0.542. The second kappa shape index (κ2) is 6.56. The van der Waals surface area contributed by atoms with Gasteiger partial charge in [-0.1, -0.05) is 6.07 Å². The van der Waals surface area contributed by atoms with E-state index in [-0.39, 0.29) is 12.0 Å². The molecule has 124 valence electrons. The molecule has 0 radical (unpaired) electrons. The Morgan fingerprint density at radius 2 is 2.22 bits per heavy atom. The number of aryl methyl sites for hydroxylation is 1. The normalized spacial score (nSPS) is 24.7. The SMILES string of the molecule is CN1C[C@]2(CCCN(C(=O)CCc3ccccn3)CC2)OC1=O. The Bertz CT molecular complexity index is 578. The lowest BCUT2D eigenvalue weighted by molar-refractivity contribution is -0.131. The standard InChI is InChI=1S/C17H23N3O3/c1-19-13-17(23-16(19)22)8-4-11-20(12-9-17)15(21)7-6-14-5-2-3-10-18-14/h2-3,5,10H,4,6-9,11-13H2,1H3/t17-/m1/s1. The van der Waals surface area contributed by atoms with E-state index in [1.807, 2.05) is 23.1 Å². The van der Waals surface area contributed by atoms with Crippen LogP contribution in [0, 0.1) is 0 Å². The second-order valence-electron chi connectivity index (χ2n) is 6.46. The minimum Gasteiger partial charge on any atom is -0.441 e. The molecule has 0 bridgehead atoms. The minimum absolute atomic E-state index is 0.158. The number of amides is 2.